The Kier molecular flexibility index (Phi) is 2.76. The molecule has 0 amide bonds. The normalized spacial score (nSPS) is 9.83. The van der Waals surface area contributed by atoms with Gasteiger partial charge in [0.15, 0.2) is 5.69 Å². The minimum Gasteiger partial charge on any atom is -0.464 e. The zero-order valence-electron chi connectivity index (χ0n) is 6.83. The molecule has 0 aliphatic rings. The monoisotopic (exact) mass is 171 g/mol. The van der Waals surface area contributed by atoms with Gasteiger partial charge in [0.1, 0.15) is 5.69 Å². The Morgan fingerprint density at radius 3 is 2.83 bits per heavy atom. The zero-order valence-corrected chi connectivity index (χ0v) is 6.83. The maximum atomic E-state index is 11.0. The van der Waals surface area contributed by atoms with E-state index in [1.165, 1.54) is 14.2 Å². The van der Waals surface area contributed by atoms with Crippen molar-refractivity contribution in [1.29, 1.82) is 0 Å². The van der Waals surface area contributed by atoms with Crippen LogP contribution in [0, 0.1) is 0 Å². The van der Waals surface area contributed by atoms with Gasteiger partial charge in [0.05, 0.1) is 13.7 Å². The molecular weight excluding hydrogens is 162 g/mol. The lowest BCUT2D eigenvalue weighted by atomic mass is 10.3. The molecule has 0 radical (unpaired) electrons. The quantitative estimate of drug-likeness (QED) is 0.634. The molecule has 0 aliphatic carbocycles. The molecule has 1 aromatic rings. The maximum absolute atomic E-state index is 11.0. The summed E-state index contributed by atoms with van der Waals surface area (Å²) in [5, 5.41) is 9.65. The third kappa shape index (κ3) is 1.59. The molecule has 0 fully saturated rings. The molecular formula is C6H9N3O3. The van der Waals surface area contributed by atoms with Crippen LogP contribution in [0.1, 0.15) is 16.2 Å². The van der Waals surface area contributed by atoms with E-state index in [9.17, 15) is 4.79 Å². The van der Waals surface area contributed by atoms with E-state index in [-0.39, 0.29) is 12.3 Å². The molecule has 0 bridgehead atoms. The van der Waals surface area contributed by atoms with Crippen LogP contribution in [-0.4, -0.2) is 35.6 Å². The Labute approximate surface area is 68.9 Å². The number of hydrogen-bond acceptors (Lipinski definition) is 5. The van der Waals surface area contributed by atoms with Gasteiger partial charge in [-0.25, -0.2) is 4.79 Å². The van der Waals surface area contributed by atoms with Gasteiger partial charge in [0.2, 0.25) is 0 Å². The van der Waals surface area contributed by atoms with Gasteiger partial charge >= 0.3 is 5.97 Å². The smallest absolute Gasteiger partial charge is 0.360 e. The first-order valence-electron chi connectivity index (χ1n) is 3.26. The molecule has 0 unspecified atom stereocenters. The Morgan fingerprint density at radius 1 is 1.50 bits per heavy atom. The van der Waals surface area contributed by atoms with Crippen molar-refractivity contribution in [3.63, 3.8) is 0 Å². The summed E-state index contributed by atoms with van der Waals surface area (Å²) < 4.78 is 9.26. The number of rotatable bonds is 3. The summed E-state index contributed by atoms with van der Waals surface area (Å²) in [4.78, 5) is 11.0. The Hall–Kier alpha value is -1.43. The lowest BCUT2D eigenvalue weighted by Crippen LogP contribution is -2.06. The lowest BCUT2D eigenvalue weighted by molar-refractivity contribution is 0.0589. The number of nitrogens with zero attached hydrogens (tertiary/aromatic N) is 2. The molecule has 1 aromatic heterocycles. The van der Waals surface area contributed by atoms with Crippen molar-refractivity contribution < 1.29 is 14.3 Å². The van der Waals surface area contributed by atoms with Gasteiger partial charge in [-0.15, -0.1) is 5.10 Å². The summed E-state index contributed by atoms with van der Waals surface area (Å²) in [5.41, 5.74) is 0.615. The van der Waals surface area contributed by atoms with Crippen LogP contribution in [0.15, 0.2) is 0 Å². The third-order valence-electron chi connectivity index (χ3n) is 1.28. The van der Waals surface area contributed by atoms with Crippen LogP contribution in [0.4, 0.5) is 0 Å². The first-order valence-corrected chi connectivity index (χ1v) is 3.26. The molecule has 0 aliphatic heterocycles. The van der Waals surface area contributed by atoms with E-state index in [0.29, 0.717) is 5.69 Å². The standard InChI is InChI=1S/C6H9N3O3/c1-11-3-4-5(6(10)12-2)8-9-7-4/h3H2,1-2H3,(H,7,8,9). The van der Waals surface area contributed by atoms with Crippen molar-refractivity contribution in [2.75, 3.05) is 14.2 Å². The fourth-order valence-electron chi connectivity index (χ4n) is 0.750. The average Bonchev–Trinajstić information content (AvgIpc) is 2.52. The van der Waals surface area contributed by atoms with Crippen LogP contribution in [-0.2, 0) is 16.1 Å². The van der Waals surface area contributed by atoms with Gasteiger partial charge in [0.25, 0.3) is 0 Å². The number of methoxy groups -OCH3 is 2. The van der Waals surface area contributed by atoms with Crippen molar-refractivity contribution in [1.82, 2.24) is 15.4 Å². The minimum atomic E-state index is -0.518. The van der Waals surface area contributed by atoms with Crippen molar-refractivity contribution in [3.05, 3.63) is 11.4 Å². The average molecular weight is 171 g/mol. The molecule has 6 nitrogen and oxygen atoms in total. The molecule has 1 rings (SSSR count). The largest absolute Gasteiger partial charge is 0.464 e. The van der Waals surface area contributed by atoms with Crippen molar-refractivity contribution in [3.8, 4) is 0 Å². The Bertz CT molecular complexity index is 271. The highest BCUT2D eigenvalue weighted by Crippen LogP contribution is 2.03. The van der Waals surface area contributed by atoms with E-state index >= 15 is 0 Å². The molecule has 0 saturated carbocycles. The van der Waals surface area contributed by atoms with Crippen molar-refractivity contribution >= 4 is 5.97 Å². The molecule has 1 N–H and O–H groups in total. The summed E-state index contributed by atoms with van der Waals surface area (Å²) in [5.74, 6) is -0.518. The van der Waals surface area contributed by atoms with Gasteiger partial charge in [-0.1, -0.05) is 0 Å². The molecule has 1 heterocycles. The molecule has 66 valence electrons. The number of aromatic amines is 1. The number of hydrogen-bond donors (Lipinski definition) is 1. The molecule has 0 spiro atoms. The zero-order chi connectivity index (χ0) is 8.97. The number of ether oxygens (including phenoxy) is 2. The molecule has 0 aromatic carbocycles. The summed E-state index contributed by atoms with van der Waals surface area (Å²) in [7, 11) is 2.79. The van der Waals surface area contributed by atoms with Crippen LogP contribution in [0.2, 0.25) is 0 Å². The van der Waals surface area contributed by atoms with E-state index in [1.54, 1.807) is 0 Å². The fourth-order valence-corrected chi connectivity index (χ4v) is 0.750. The topological polar surface area (TPSA) is 77.1 Å². The second-order valence-corrected chi connectivity index (χ2v) is 2.04. The summed E-state index contributed by atoms with van der Waals surface area (Å²) >= 11 is 0. The first kappa shape index (κ1) is 8.66. The third-order valence-corrected chi connectivity index (χ3v) is 1.28. The number of esters is 1. The van der Waals surface area contributed by atoms with Gasteiger partial charge in [-0.2, -0.15) is 10.3 Å². The van der Waals surface area contributed by atoms with Crippen LogP contribution in [0.3, 0.4) is 0 Å². The molecule has 6 heteroatoms. The van der Waals surface area contributed by atoms with Gasteiger partial charge in [0, 0.05) is 7.11 Å². The summed E-state index contributed by atoms with van der Waals surface area (Å²) in [6.07, 6.45) is 0. The number of H-pyrrole nitrogens is 1. The number of carbonyl (C=O) groups excluding carboxylic acids is 1. The molecule has 0 saturated heterocycles. The number of nitrogens with one attached hydrogen (secondary N) is 1. The van der Waals surface area contributed by atoms with Crippen LogP contribution >= 0.6 is 0 Å². The second kappa shape index (κ2) is 3.82. The summed E-state index contributed by atoms with van der Waals surface area (Å²) in [6.45, 7) is 0.237. The second-order valence-electron chi connectivity index (χ2n) is 2.04. The molecule has 0 atom stereocenters. The van der Waals surface area contributed by atoms with Gasteiger partial charge in [-0.3, -0.25) is 0 Å². The van der Waals surface area contributed by atoms with E-state index in [2.05, 4.69) is 20.1 Å². The summed E-state index contributed by atoms with van der Waals surface area (Å²) in [6, 6.07) is 0. The lowest BCUT2D eigenvalue weighted by Gasteiger charge is -1.96. The highest BCUT2D eigenvalue weighted by molar-refractivity contribution is 5.88. The predicted octanol–water partition coefficient (Wildman–Crippen LogP) is -0.262. The SMILES string of the molecule is COCc1n[nH]nc1C(=O)OC. The fraction of sp³-hybridized carbons (Fsp3) is 0.500. The molecule has 12 heavy (non-hydrogen) atoms. The Balaban J connectivity index is 2.83. The first-order chi connectivity index (χ1) is 5.79. The van der Waals surface area contributed by atoms with E-state index in [1.807, 2.05) is 0 Å². The predicted molar refractivity (Wildman–Crippen MR) is 38.4 cm³/mol. The van der Waals surface area contributed by atoms with Crippen LogP contribution in [0.5, 0.6) is 0 Å². The highest BCUT2D eigenvalue weighted by atomic mass is 16.5. The minimum absolute atomic E-state index is 0.166. The van der Waals surface area contributed by atoms with E-state index in [0.717, 1.165) is 0 Å². The highest BCUT2D eigenvalue weighted by Gasteiger charge is 2.15. The van der Waals surface area contributed by atoms with Crippen LogP contribution in [0.25, 0.3) is 0 Å². The van der Waals surface area contributed by atoms with Crippen LogP contribution < -0.4 is 0 Å². The van der Waals surface area contributed by atoms with Gasteiger partial charge in [-0.05, 0) is 0 Å². The number of carbonyl (C=O) groups is 1. The van der Waals surface area contributed by atoms with Crippen molar-refractivity contribution in [2.45, 2.75) is 6.61 Å². The van der Waals surface area contributed by atoms with Gasteiger partial charge < -0.3 is 9.47 Å². The van der Waals surface area contributed by atoms with Crippen molar-refractivity contribution in [2.24, 2.45) is 0 Å². The van der Waals surface area contributed by atoms with E-state index in [4.69, 9.17) is 4.74 Å². The van der Waals surface area contributed by atoms with E-state index < -0.39 is 5.97 Å². The maximum Gasteiger partial charge on any atom is 0.360 e. The Morgan fingerprint density at radius 2 is 2.25 bits per heavy atom. The number of aromatic nitrogens is 3.